The minimum Gasteiger partial charge on any atom is -0.464 e. The second-order valence-electron chi connectivity index (χ2n) is 8.32. The lowest BCUT2D eigenvalue weighted by Crippen LogP contribution is -2.58. The molecule has 0 spiro atoms. The Hall–Kier alpha value is -2.03. The van der Waals surface area contributed by atoms with E-state index in [-0.39, 0.29) is 17.8 Å². The summed E-state index contributed by atoms with van der Waals surface area (Å²) < 4.78 is 5.34. The Bertz CT molecular complexity index is 912. The SMILES string of the molecule is CC.CC1CC2(N)C(=O)OCC2C(/C=C/c2ccc(-c3cccc(P)c3)cn2)C1C. The molecule has 2 aliphatic rings. The first kappa shape index (κ1) is 22.7. The third kappa shape index (κ3) is 4.36. The smallest absolute Gasteiger partial charge is 0.326 e. The fourth-order valence-electron chi connectivity index (χ4n) is 4.67. The van der Waals surface area contributed by atoms with E-state index in [1.54, 1.807) is 0 Å². The van der Waals surface area contributed by atoms with Gasteiger partial charge in [-0.2, -0.15) is 0 Å². The van der Waals surface area contributed by atoms with Crippen molar-refractivity contribution >= 4 is 26.6 Å². The Morgan fingerprint density at radius 2 is 1.97 bits per heavy atom. The van der Waals surface area contributed by atoms with E-state index >= 15 is 0 Å². The molecule has 1 aliphatic heterocycles. The molecule has 4 nitrogen and oxygen atoms in total. The van der Waals surface area contributed by atoms with Gasteiger partial charge in [0.2, 0.25) is 0 Å². The van der Waals surface area contributed by atoms with Gasteiger partial charge in [0, 0.05) is 17.7 Å². The van der Waals surface area contributed by atoms with E-state index < -0.39 is 5.54 Å². The summed E-state index contributed by atoms with van der Waals surface area (Å²) in [5.41, 5.74) is 8.80. The summed E-state index contributed by atoms with van der Waals surface area (Å²) in [6.45, 7) is 8.84. The van der Waals surface area contributed by atoms with Gasteiger partial charge in [0.15, 0.2) is 0 Å². The molecule has 5 heteroatoms. The average molecular weight is 425 g/mol. The third-order valence-corrected chi connectivity index (χ3v) is 6.92. The van der Waals surface area contributed by atoms with Gasteiger partial charge in [-0.15, -0.1) is 9.24 Å². The molecule has 0 amide bonds. The molecule has 2 N–H and O–H groups in total. The quantitative estimate of drug-likeness (QED) is 0.584. The number of nitrogens with two attached hydrogens (primary N) is 1. The second-order valence-corrected chi connectivity index (χ2v) is 8.99. The monoisotopic (exact) mass is 424 g/mol. The lowest BCUT2D eigenvalue weighted by atomic mass is 9.60. The summed E-state index contributed by atoms with van der Waals surface area (Å²) in [4.78, 5) is 16.8. The molecule has 0 radical (unpaired) electrons. The Balaban J connectivity index is 0.00000124. The summed E-state index contributed by atoms with van der Waals surface area (Å²) in [5, 5.41) is 1.15. The number of esters is 1. The van der Waals surface area contributed by atoms with Crippen LogP contribution in [0.1, 0.15) is 39.8 Å². The fraction of sp³-hybridized carbons (Fsp3) is 0.440. The molecule has 1 aromatic heterocycles. The molecule has 6 atom stereocenters. The van der Waals surface area contributed by atoms with Gasteiger partial charge in [-0.05, 0) is 53.3 Å². The number of rotatable bonds is 3. The van der Waals surface area contributed by atoms with Crippen molar-refractivity contribution in [1.29, 1.82) is 0 Å². The Morgan fingerprint density at radius 3 is 2.63 bits per heavy atom. The van der Waals surface area contributed by atoms with E-state index in [0.29, 0.717) is 24.9 Å². The second kappa shape index (κ2) is 9.41. The molecular formula is C25H33N2O2P. The normalized spacial score (nSPS) is 30.4. The van der Waals surface area contributed by atoms with E-state index in [2.05, 4.69) is 64.5 Å². The third-order valence-electron chi connectivity index (χ3n) is 6.56. The molecule has 4 rings (SSSR count). The van der Waals surface area contributed by atoms with Crippen LogP contribution in [0.3, 0.4) is 0 Å². The summed E-state index contributed by atoms with van der Waals surface area (Å²) in [6.07, 6.45) is 6.84. The number of ether oxygens (including phenoxy) is 1. The minimum absolute atomic E-state index is 0.0338. The van der Waals surface area contributed by atoms with Gasteiger partial charge in [0.1, 0.15) is 5.54 Å². The summed E-state index contributed by atoms with van der Waals surface area (Å²) in [7, 11) is 2.72. The summed E-state index contributed by atoms with van der Waals surface area (Å²) >= 11 is 0. The zero-order valence-electron chi connectivity index (χ0n) is 18.3. The minimum atomic E-state index is -0.846. The van der Waals surface area contributed by atoms with E-state index in [1.165, 1.54) is 0 Å². The number of nitrogens with zero attached hydrogens (tertiary/aromatic N) is 1. The van der Waals surface area contributed by atoms with Crippen LogP contribution < -0.4 is 11.0 Å². The summed E-state index contributed by atoms with van der Waals surface area (Å²) in [5.74, 6) is 0.808. The largest absolute Gasteiger partial charge is 0.464 e. The average Bonchev–Trinajstić information content (AvgIpc) is 3.04. The number of carbonyl (C=O) groups excluding carboxylic acids is 1. The Labute approximate surface area is 182 Å². The molecule has 2 heterocycles. The summed E-state index contributed by atoms with van der Waals surface area (Å²) in [6, 6.07) is 12.4. The first-order chi connectivity index (χ1) is 14.4. The van der Waals surface area contributed by atoms with Gasteiger partial charge in [-0.1, -0.05) is 58.0 Å². The Kier molecular flexibility index (Phi) is 7.10. The molecule has 2 fully saturated rings. The van der Waals surface area contributed by atoms with E-state index in [1.807, 2.05) is 32.2 Å². The number of fused-ring (bicyclic) bond motifs is 1. The van der Waals surface area contributed by atoms with Crippen LogP contribution in [0.2, 0.25) is 0 Å². The number of aromatic nitrogens is 1. The van der Waals surface area contributed by atoms with Gasteiger partial charge in [-0.3, -0.25) is 9.78 Å². The molecule has 1 saturated carbocycles. The topological polar surface area (TPSA) is 65.2 Å². The van der Waals surface area contributed by atoms with Crippen LogP contribution >= 0.6 is 9.24 Å². The predicted molar refractivity (Wildman–Crippen MR) is 127 cm³/mol. The van der Waals surface area contributed by atoms with Crippen molar-refractivity contribution < 1.29 is 9.53 Å². The van der Waals surface area contributed by atoms with Crippen LogP contribution in [0.15, 0.2) is 48.7 Å². The van der Waals surface area contributed by atoms with Gasteiger partial charge in [-0.25, -0.2) is 0 Å². The van der Waals surface area contributed by atoms with Gasteiger partial charge in [0.25, 0.3) is 0 Å². The van der Waals surface area contributed by atoms with E-state index in [4.69, 9.17) is 10.5 Å². The number of hydrogen-bond donors (Lipinski definition) is 1. The fourth-order valence-corrected chi connectivity index (χ4v) is 4.96. The molecule has 0 bridgehead atoms. The van der Waals surface area contributed by atoms with Gasteiger partial charge >= 0.3 is 5.97 Å². The maximum atomic E-state index is 12.2. The molecule has 30 heavy (non-hydrogen) atoms. The number of hydrogen-bond acceptors (Lipinski definition) is 4. The highest BCUT2D eigenvalue weighted by Crippen LogP contribution is 2.47. The standard InChI is InChI=1S/C23H27N2O2P.C2H6/c1-14-11-23(24)21(13-27-22(23)26)20(15(14)2)9-8-18-7-6-17(12-25-18)16-4-3-5-19(28)10-16;1-2/h3-10,12,14-15,20-21H,11,13,24,28H2,1-2H3;1-2H3/b9-8+;. The molecule has 2 aromatic rings. The zero-order chi connectivity index (χ0) is 21.9. The van der Waals surface area contributed by atoms with Crippen molar-refractivity contribution in [3.8, 4) is 11.1 Å². The van der Waals surface area contributed by atoms with Crippen molar-refractivity contribution in [3.05, 3.63) is 54.4 Å². The maximum absolute atomic E-state index is 12.2. The van der Waals surface area contributed by atoms with Crippen LogP contribution in [0.4, 0.5) is 0 Å². The van der Waals surface area contributed by atoms with E-state index in [0.717, 1.165) is 22.1 Å². The molecule has 6 unspecified atom stereocenters. The number of pyridine rings is 1. The number of benzene rings is 1. The first-order valence-corrected chi connectivity index (χ1v) is 11.4. The molecule has 160 valence electrons. The lowest BCUT2D eigenvalue weighted by molar-refractivity contribution is -0.143. The number of cyclic esters (lactones) is 1. The van der Waals surface area contributed by atoms with Crippen molar-refractivity contribution in [2.24, 2.45) is 29.4 Å². The highest BCUT2D eigenvalue weighted by Gasteiger charge is 2.57. The van der Waals surface area contributed by atoms with Crippen molar-refractivity contribution in [3.63, 3.8) is 0 Å². The van der Waals surface area contributed by atoms with Gasteiger partial charge in [0.05, 0.1) is 12.3 Å². The predicted octanol–water partition coefficient (Wildman–Crippen LogP) is 4.45. The number of allylic oxidation sites excluding steroid dienone is 1. The van der Waals surface area contributed by atoms with Crippen molar-refractivity contribution in [2.45, 2.75) is 39.7 Å². The maximum Gasteiger partial charge on any atom is 0.326 e. The van der Waals surface area contributed by atoms with Crippen LogP contribution in [0, 0.1) is 23.7 Å². The zero-order valence-corrected chi connectivity index (χ0v) is 19.5. The molecule has 1 aliphatic carbocycles. The molecule has 1 saturated heterocycles. The van der Waals surface area contributed by atoms with Crippen molar-refractivity contribution in [2.75, 3.05) is 6.61 Å². The number of carbonyl (C=O) groups is 1. The molecule has 1 aromatic carbocycles. The highest BCUT2D eigenvalue weighted by molar-refractivity contribution is 7.27. The van der Waals surface area contributed by atoms with E-state index in [9.17, 15) is 4.79 Å². The van der Waals surface area contributed by atoms with Crippen LogP contribution in [-0.2, 0) is 9.53 Å². The molecular weight excluding hydrogens is 391 g/mol. The van der Waals surface area contributed by atoms with Crippen molar-refractivity contribution in [1.82, 2.24) is 4.98 Å². The Morgan fingerprint density at radius 1 is 1.20 bits per heavy atom. The first-order valence-electron chi connectivity index (χ1n) is 10.8. The lowest BCUT2D eigenvalue weighted by Gasteiger charge is -2.44. The van der Waals surface area contributed by atoms with Crippen LogP contribution in [0.5, 0.6) is 0 Å². The highest BCUT2D eigenvalue weighted by atomic mass is 31.0. The van der Waals surface area contributed by atoms with Crippen LogP contribution in [-0.4, -0.2) is 23.1 Å². The van der Waals surface area contributed by atoms with Crippen LogP contribution in [0.25, 0.3) is 17.2 Å². The van der Waals surface area contributed by atoms with Gasteiger partial charge < -0.3 is 10.5 Å².